The van der Waals surface area contributed by atoms with E-state index in [2.05, 4.69) is 0 Å². The Bertz CT molecular complexity index is 454. The molecule has 2 aliphatic rings. The van der Waals surface area contributed by atoms with Gasteiger partial charge in [-0.15, -0.1) is 0 Å². The standard InChI is InChI=1S/C12H13NO4/c14-10-4-2-1-3-9(10)13-7-12(17-11(13)15)5-6-16-8-12/h1-4,14H,5-8H2. The van der Waals surface area contributed by atoms with E-state index in [1.54, 1.807) is 24.3 Å². The largest absolute Gasteiger partial charge is 0.506 e. The van der Waals surface area contributed by atoms with E-state index in [0.29, 0.717) is 31.9 Å². The SMILES string of the molecule is O=C1OC2(CCOC2)CN1c1ccccc1O. The van der Waals surface area contributed by atoms with Crippen molar-refractivity contribution in [2.24, 2.45) is 0 Å². The number of anilines is 1. The number of ether oxygens (including phenoxy) is 2. The second-order valence-corrected chi connectivity index (χ2v) is 4.43. The van der Waals surface area contributed by atoms with Crippen molar-refractivity contribution in [1.29, 1.82) is 0 Å². The van der Waals surface area contributed by atoms with Crippen molar-refractivity contribution in [2.45, 2.75) is 12.0 Å². The van der Waals surface area contributed by atoms with Gasteiger partial charge in [0.15, 0.2) is 5.60 Å². The van der Waals surface area contributed by atoms with E-state index < -0.39 is 11.7 Å². The summed E-state index contributed by atoms with van der Waals surface area (Å²) in [5.74, 6) is 0.0837. The number of carbonyl (C=O) groups excluding carboxylic acids is 1. The molecule has 90 valence electrons. The molecule has 0 bridgehead atoms. The predicted octanol–water partition coefficient (Wildman–Crippen LogP) is 1.51. The Balaban J connectivity index is 1.90. The molecule has 1 aromatic carbocycles. The van der Waals surface area contributed by atoms with Gasteiger partial charge in [-0.1, -0.05) is 12.1 Å². The molecular weight excluding hydrogens is 222 g/mol. The lowest BCUT2D eigenvalue weighted by atomic mass is 10.0. The monoisotopic (exact) mass is 235 g/mol. The minimum absolute atomic E-state index is 0.0837. The zero-order valence-electron chi connectivity index (χ0n) is 9.26. The van der Waals surface area contributed by atoms with Crippen LogP contribution in [-0.4, -0.2) is 36.6 Å². The molecule has 2 saturated heterocycles. The topological polar surface area (TPSA) is 59.0 Å². The lowest BCUT2D eigenvalue weighted by Crippen LogP contribution is -2.34. The average molecular weight is 235 g/mol. The maximum Gasteiger partial charge on any atom is 0.415 e. The molecule has 2 fully saturated rings. The quantitative estimate of drug-likeness (QED) is 0.801. The molecule has 0 radical (unpaired) electrons. The first-order chi connectivity index (χ1) is 8.20. The van der Waals surface area contributed by atoms with Gasteiger partial charge < -0.3 is 14.6 Å². The molecule has 1 aromatic rings. The zero-order valence-corrected chi connectivity index (χ0v) is 9.26. The average Bonchev–Trinajstić information content (AvgIpc) is 2.88. The summed E-state index contributed by atoms with van der Waals surface area (Å²) >= 11 is 0. The third-order valence-corrected chi connectivity index (χ3v) is 3.21. The lowest BCUT2D eigenvalue weighted by Gasteiger charge is -2.18. The van der Waals surface area contributed by atoms with Gasteiger partial charge in [0.2, 0.25) is 0 Å². The van der Waals surface area contributed by atoms with E-state index in [1.807, 2.05) is 0 Å². The molecule has 2 aliphatic heterocycles. The van der Waals surface area contributed by atoms with Crippen molar-refractivity contribution in [3.8, 4) is 5.75 Å². The van der Waals surface area contributed by atoms with E-state index in [-0.39, 0.29) is 5.75 Å². The van der Waals surface area contributed by atoms with Gasteiger partial charge in [0.1, 0.15) is 5.75 Å². The number of carbonyl (C=O) groups is 1. The summed E-state index contributed by atoms with van der Waals surface area (Å²) in [5.41, 5.74) is -0.0411. The fourth-order valence-electron chi connectivity index (χ4n) is 2.29. The summed E-state index contributed by atoms with van der Waals surface area (Å²) in [4.78, 5) is 13.3. The summed E-state index contributed by atoms with van der Waals surface area (Å²) in [6, 6.07) is 6.75. The second kappa shape index (κ2) is 3.63. The number of para-hydroxylation sites is 2. The Labute approximate surface area is 98.6 Å². The van der Waals surface area contributed by atoms with Gasteiger partial charge in [0.25, 0.3) is 0 Å². The Morgan fingerprint density at radius 3 is 2.88 bits per heavy atom. The summed E-state index contributed by atoms with van der Waals surface area (Å²) in [7, 11) is 0. The maximum atomic E-state index is 11.8. The van der Waals surface area contributed by atoms with Crippen LogP contribution < -0.4 is 4.90 Å². The predicted molar refractivity (Wildman–Crippen MR) is 60.1 cm³/mol. The molecule has 0 aliphatic carbocycles. The van der Waals surface area contributed by atoms with Crippen LogP contribution in [0.5, 0.6) is 5.75 Å². The molecule has 0 aromatic heterocycles. The van der Waals surface area contributed by atoms with Gasteiger partial charge in [-0.05, 0) is 12.1 Å². The number of hydrogen-bond acceptors (Lipinski definition) is 4. The van der Waals surface area contributed by atoms with E-state index in [4.69, 9.17) is 9.47 Å². The van der Waals surface area contributed by atoms with Crippen molar-refractivity contribution >= 4 is 11.8 Å². The molecule has 17 heavy (non-hydrogen) atoms. The van der Waals surface area contributed by atoms with Crippen molar-refractivity contribution < 1.29 is 19.4 Å². The van der Waals surface area contributed by atoms with Crippen molar-refractivity contribution in [3.05, 3.63) is 24.3 Å². The van der Waals surface area contributed by atoms with Gasteiger partial charge in [0, 0.05) is 6.42 Å². The van der Waals surface area contributed by atoms with E-state index in [1.165, 1.54) is 4.90 Å². The lowest BCUT2D eigenvalue weighted by molar-refractivity contribution is 0.0435. The highest BCUT2D eigenvalue weighted by molar-refractivity contribution is 5.92. The first-order valence-electron chi connectivity index (χ1n) is 5.56. The molecule has 5 nitrogen and oxygen atoms in total. The first kappa shape index (κ1) is 10.4. The highest BCUT2D eigenvalue weighted by Gasteiger charge is 2.48. The van der Waals surface area contributed by atoms with Crippen LogP contribution in [0.1, 0.15) is 6.42 Å². The summed E-state index contributed by atoms with van der Waals surface area (Å²) in [6.45, 7) is 1.48. The summed E-state index contributed by atoms with van der Waals surface area (Å²) in [6.07, 6.45) is 0.292. The van der Waals surface area contributed by atoms with Crippen LogP contribution in [0.2, 0.25) is 0 Å². The number of rotatable bonds is 1. The smallest absolute Gasteiger partial charge is 0.415 e. The number of phenols is 1. The number of aromatic hydroxyl groups is 1. The molecule has 1 unspecified atom stereocenters. The molecule has 1 amide bonds. The number of phenolic OH excluding ortho intramolecular Hbond substituents is 1. The van der Waals surface area contributed by atoms with E-state index in [9.17, 15) is 9.90 Å². The van der Waals surface area contributed by atoms with Crippen LogP contribution >= 0.6 is 0 Å². The molecule has 1 N–H and O–H groups in total. The molecule has 1 atom stereocenters. The molecule has 2 heterocycles. The van der Waals surface area contributed by atoms with Crippen LogP contribution in [0.15, 0.2) is 24.3 Å². The van der Waals surface area contributed by atoms with Crippen LogP contribution in [-0.2, 0) is 9.47 Å². The van der Waals surface area contributed by atoms with Crippen molar-refractivity contribution in [3.63, 3.8) is 0 Å². The Kier molecular flexibility index (Phi) is 2.22. The van der Waals surface area contributed by atoms with Crippen LogP contribution in [0.4, 0.5) is 10.5 Å². The Morgan fingerprint density at radius 2 is 2.18 bits per heavy atom. The third kappa shape index (κ3) is 1.63. The van der Waals surface area contributed by atoms with Crippen molar-refractivity contribution in [2.75, 3.05) is 24.7 Å². The van der Waals surface area contributed by atoms with Crippen LogP contribution in [0, 0.1) is 0 Å². The Hall–Kier alpha value is -1.75. The minimum atomic E-state index is -0.528. The van der Waals surface area contributed by atoms with Crippen LogP contribution in [0.25, 0.3) is 0 Å². The minimum Gasteiger partial charge on any atom is -0.506 e. The Morgan fingerprint density at radius 1 is 1.35 bits per heavy atom. The molecule has 0 saturated carbocycles. The zero-order chi connectivity index (χ0) is 11.9. The molecular formula is C12H13NO4. The fraction of sp³-hybridized carbons (Fsp3) is 0.417. The number of benzene rings is 1. The first-order valence-corrected chi connectivity index (χ1v) is 5.56. The van der Waals surface area contributed by atoms with Crippen LogP contribution in [0.3, 0.4) is 0 Å². The van der Waals surface area contributed by atoms with Gasteiger partial charge in [-0.25, -0.2) is 4.79 Å². The normalized spacial score (nSPS) is 27.8. The highest BCUT2D eigenvalue weighted by Crippen LogP contribution is 2.36. The third-order valence-electron chi connectivity index (χ3n) is 3.21. The van der Waals surface area contributed by atoms with Gasteiger partial charge >= 0.3 is 6.09 Å². The van der Waals surface area contributed by atoms with E-state index in [0.717, 1.165) is 0 Å². The number of amides is 1. The fourth-order valence-corrected chi connectivity index (χ4v) is 2.29. The molecule has 1 spiro atoms. The number of hydrogen-bond donors (Lipinski definition) is 1. The molecule has 3 rings (SSSR count). The second-order valence-electron chi connectivity index (χ2n) is 4.43. The van der Waals surface area contributed by atoms with Gasteiger partial charge in [0.05, 0.1) is 25.4 Å². The van der Waals surface area contributed by atoms with Crippen molar-refractivity contribution in [1.82, 2.24) is 0 Å². The molecule has 5 heteroatoms. The van der Waals surface area contributed by atoms with Gasteiger partial charge in [-0.2, -0.15) is 0 Å². The summed E-state index contributed by atoms with van der Waals surface area (Å²) in [5, 5.41) is 9.74. The highest BCUT2D eigenvalue weighted by atomic mass is 16.6. The number of nitrogens with zero attached hydrogens (tertiary/aromatic N) is 1. The maximum absolute atomic E-state index is 11.8. The summed E-state index contributed by atoms with van der Waals surface area (Å²) < 4.78 is 10.7. The van der Waals surface area contributed by atoms with E-state index >= 15 is 0 Å². The van der Waals surface area contributed by atoms with Gasteiger partial charge in [-0.3, -0.25) is 4.90 Å².